The number of rotatable bonds is 3. The lowest BCUT2D eigenvalue weighted by Crippen LogP contribution is -2.28. The number of nitrogens with zero attached hydrogens (tertiary/aromatic N) is 2. The van der Waals surface area contributed by atoms with Crippen LogP contribution in [0.4, 0.5) is 0 Å². The maximum atomic E-state index is 13.8. The molecule has 0 bridgehead atoms. The average molecular weight is 597 g/mol. The molecule has 1 N–H and O–H groups in total. The molecule has 1 atom stereocenters. The Kier molecular flexibility index (Phi) is 6.81. The number of benzene rings is 4. The van der Waals surface area contributed by atoms with E-state index in [1.54, 1.807) is 12.1 Å². The van der Waals surface area contributed by atoms with Gasteiger partial charge in [-0.05, 0) is 41.5 Å². The number of fused-ring (bicyclic) bond motifs is 2. The van der Waals surface area contributed by atoms with Crippen LogP contribution in [0.15, 0.2) is 95.7 Å². The molecular weight excluding hydrogens is 580 g/mol. The van der Waals surface area contributed by atoms with Gasteiger partial charge in [0.05, 0.1) is 10.0 Å². The van der Waals surface area contributed by atoms with Crippen LogP contribution in [-0.2, 0) is 4.79 Å². The van der Waals surface area contributed by atoms with E-state index in [1.165, 1.54) is 16.3 Å². The number of hydrogen-bond donors (Lipinski definition) is 1. The molecule has 5 aromatic rings. The van der Waals surface area contributed by atoms with Crippen molar-refractivity contribution >= 4 is 89.9 Å². The van der Waals surface area contributed by atoms with Crippen molar-refractivity contribution in [3.63, 3.8) is 0 Å². The molecule has 0 spiro atoms. The number of hydrogen-bond acceptors (Lipinski definition) is 4. The summed E-state index contributed by atoms with van der Waals surface area (Å²) in [4.78, 5) is 13.8. The standard InChI is InChI=1S/C29H17Cl4N3OS/c30-18-12-20(32)25-23(14-18)38-24-15-19(31)13-21(33)26(24)27(25)35-36-28(17-9-5-2-6-10-17)34-22(29(36)37)11-16-7-3-1-4-8-16/h1-15,28,34H. The molecule has 4 nitrogen and oxygen atoms in total. The van der Waals surface area contributed by atoms with Crippen LogP contribution in [0.1, 0.15) is 17.3 Å². The zero-order valence-corrected chi connectivity index (χ0v) is 23.3. The second kappa shape index (κ2) is 10.3. The molecule has 1 aromatic heterocycles. The third-order valence-corrected chi connectivity index (χ3v) is 8.26. The molecule has 6 rings (SSSR count). The van der Waals surface area contributed by atoms with Gasteiger partial charge in [-0.15, -0.1) is 11.3 Å². The van der Waals surface area contributed by atoms with Crippen molar-refractivity contribution < 1.29 is 4.79 Å². The van der Waals surface area contributed by atoms with Crippen molar-refractivity contribution in [1.29, 1.82) is 0 Å². The Balaban J connectivity index is 1.65. The fourth-order valence-corrected chi connectivity index (χ4v) is 7.10. The summed E-state index contributed by atoms with van der Waals surface area (Å²) >= 11 is 27.6. The summed E-state index contributed by atoms with van der Waals surface area (Å²) in [5.41, 5.74) is 2.19. The van der Waals surface area contributed by atoms with Gasteiger partial charge in [-0.3, -0.25) is 4.79 Å². The summed E-state index contributed by atoms with van der Waals surface area (Å²) in [6.07, 6.45) is 1.26. The first-order valence-corrected chi connectivity index (χ1v) is 13.9. The highest BCUT2D eigenvalue weighted by Gasteiger charge is 2.36. The van der Waals surface area contributed by atoms with Crippen LogP contribution in [0.25, 0.3) is 26.2 Å². The normalized spacial score (nSPS) is 16.4. The fraction of sp³-hybridized carbons (Fsp3) is 0.0345. The highest BCUT2D eigenvalue weighted by Crippen LogP contribution is 2.37. The van der Waals surface area contributed by atoms with E-state index < -0.39 is 6.17 Å². The largest absolute Gasteiger partial charge is 0.355 e. The highest BCUT2D eigenvalue weighted by molar-refractivity contribution is 7.24. The monoisotopic (exact) mass is 595 g/mol. The number of carbonyl (C=O) groups is 1. The van der Waals surface area contributed by atoms with Crippen molar-refractivity contribution in [1.82, 2.24) is 10.3 Å². The first-order valence-electron chi connectivity index (χ1n) is 11.6. The second-order valence-corrected chi connectivity index (χ2v) is 11.4. The van der Waals surface area contributed by atoms with Gasteiger partial charge in [0.2, 0.25) is 0 Å². The molecule has 0 radical (unpaired) electrons. The van der Waals surface area contributed by atoms with Crippen molar-refractivity contribution in [2.24, 2.45) is 5.10 Å². The molecule has 1 saturated heterocycles. The van der Waals surface area contributed by atoms with Crippen LogP contribution in [0.2, 0.25) is 20.1 Å². The van der Waals surface area contributed by atoms with Crippen LogP contribution in [0.3, 0.4) is 0 Å². The fourth-order valence-electron chi connectivity index (χ4n) is 4.46. The van der Waals surface area contributed by atoms with Gasteiger partial charge in [-0.2, -0.15) is 5.10 Å². The van der Waals surface area contributed by atoms with E-state index in [9.17, 15) is 4.79 Å². The van der Waals surface area contributed by atoms with E-state index in [4.69, 9.17) is 51.5 Å². The first-order chi connectivity index (χ1) is 18.4. The molecule has 1 aliphatic rings. The van der Waals surface area contributed by atoms with Gasteiger partial charge in [-0.1, -0.05) is 107 Å². The lowest BCUT2D eigenvalue weighted by Gasteiger charge is -2.20. The lowest BCUT2D eigenvalue weighted by atomic mass is 10.1. The molecule has 4 aromatic carbocycles. The van der Waals surface area contributed by atoms with Crippen molar-refractivity contribution in [3.05, 3.63) is 127 Å². The van der Waals surface area contributed by atoms with E-state index in [-0.39, 0.29) is 5.91 Å². The summed E-state index contributed by atoms with van der Waals surface area (Å²) in [5.74, 6) is -0.285. The molecule has 0 saturated carbocycles. The Morgan fingerprint density at radius 1 is 0.789 bits per heavy atom. The van der Waals surface area contributed by atoms with Crippen LogP contribution in [0, 0.1) is 0 Å². The van der Waals surface area contributed by atoms with Gasteiger partial charge in [0.25, 0.3) is 5.91 Å². The maximum Gasteiger partial charge on any atom is 0.292 e. The smallest absolute Gasteiger partial charge is 0.292 e. The molecule has 188 valence electrons. The van der Waals surface area contributed by atoms with Crippen LogP contribution < -0.4 is 10.7 Å². The molecule has 2 heterocycles. The Labute approximate surface area is 242 Å². The molecule has 1 aliphatic heterocycles. The summed E-state index contributed by atoms with van der Waals surface area (Å²) in [6, 6.07) is 26.3. The van der Waals surface area contributed by atoms with Gasteiger partial charge >= 0.3 is 0 Å². The average Bonchev–Trinajstić information content (AvgIpc) is 3.19. The van der Waals surface area contributed by atoms with E-state index in [2.05, 4.69) is 5.32 Å². The molecule has 1 amide bonds. The first kappa shape index (κ1) is 25.2. The van der Waals surface area contributed by atoms with Crippen LogP contribution >= 0.6 is 57.7 Å². The van der Waals surface area contributed by atoms with Gasteiger partial charge in [0.1, 0.15) is 11.1 Å². The van der Waals surface area contributed by atoms with Gasteiger partial charge in [-0.25, -0.2) is 5.01 Å². The molecule has 38 heavy (non-hydrogen) atoms. The number of carbonyl (C=O) groups excluding carboxylic acids is 1. The van der Waals surface area contributed by atoms with Crippen molar-refractivity contribution in [3.8, 4) is 0 Å². The minimum absolute atomic E-state index is 0.285. The van der Waals surface area contributed by atoms with E-state index in [1.807, 2.05) is 78.9 Å². The topological polar surface area (TPSA) is 44.7 Å². The van der Waals surface area contributed by atoms with Gasteiger partial charge in [0.15, 0.2) is 6.17 Å². The summed E-state index contributed by atoms with van der Waals surface area (Å²) in [6.45, 7) is 0. The quantitative estimate of drug-likeness (QED) is 0.167. The highest BCUT2D eigenvalue weighted by atomic mass is 35.5. The zero-order valence-electron chi connectivity index (χ0n) is 19.5. The lowest BCUT2D eigenvalue weighted by molar-refractivity contribution is -0.126. The van der Waals surface area contributed by atoms with E-state index in [0.29, 0.717) is 41.9 Å². The number of nitrogens with one attached hydrogen (secondary N) is 1. The SMILES string of the molecule is O=C1C(=Cc2ccccc2)NC(c2ccccc2)N1N=c1c2c(Cl)cc(Cl)cc2sc2cc(Cl)cc(Cl)c12. The van der Waals surface area contributed by atoms with E-state index in [0.717, 1.165) is 20.5 Å². The number of halogens is 4. The molecule has 1 fully saturated rings. The summed E-state index contributed by atoms with van der Waals surface area (Å²) in [7, 11) is 0. The third kappa shape index (κ3) is 4.66. The van der Waals surface area contributed by atoms with Gasteiger partial charge < -0.3 is 5.32 Å². The minimum atomic E-state index is -0.551. The zero-order chi connectivity index (χ0) is 26.4. The Hall–Kier alpha value is -3.06. The summed E-state index contributed by atoms with van der Waals surface area (Å²) < 4.78 is 1.59. The summed E-state index contributed by atoms with van der Waals surface area (Å²) in [5, 5.41) is 13.3. The molecule has 1 unspecified atom stereocenters. The maximum absolute atomic E-state index is 13.8. The molecular formula is C29H17Cl4N3OS. The molecule has 9 heteroatoms. The minimum Gasteiger partial charge on any atom is -0.355 e. The van der Waals surface area contributed by atoms with Crippen molar-refractivity contribution in [2.75, 3.05) is 0 Å². The predicted molar refractivity (Wildman–Crippen MR) is 159 cm³/mol. The second-order valence-electron chi connectivity index (χ2n) is 8.65. The third-order valence-electron chi connectivity index (χ3n) is 6.14. The number of amides is 1. The Bertz CT molecular complexity index is 1750. The Morgan fingerprint density at radius 2 is 1.34 bits per heavy atom. The Morgan fingerprint density at radius 3 is 1.92 bits per heavy atom. The van der Waals surface area contributed by atoms with Crippen LogP contribution in [-0.4, -0.2) is 10.9 Å². The predicted octanol–water partition coefficient (Wildman–Crippen LogP) is 8.66. The van der Waals surface area contributed by atoms with E-state index >= 15 is 0 Å². The van der Waals surface area contributed by atoms with Crippen molar-refractivity contribution in [2.45, 2.75) is 6.17 Å². The van der Waals surface area contributed by atoms with Crippen LogP contribution in [0.5, 0.6) is 0 Å². The van der Waals surface area contributed by atoms with Gasteiger partial charge in [0, 0.05) is 30.2 Å². The molecule has 0 aliphatic carbocycles.